The molecule has 0 saturated carbocycles. The van der Waals surface area contributed by atoms with Crippen LogP contribution in [0.15, 0.2) is 36.5 Å². The number of aliphatic hydroxyl groups excluding tert-OH is 1. The van der Waals surface area contributed by atoms with E-state index in [1.54, 1.807) is 6.08 Å². The van der Waals surface area contributed by atoms with Crippen LogP contribution < -0.4 is 11.1 Å². The zero-order valence-corrected chi connectivity index (χ0v) is 35.4. The molecule has 0 aliphatic heterocycles. The van der Waals surface area contributed by atoms with Crippen LogP contribution in [-0.4, -0.2) is 47.8 Å². The highest BCUT2D eigenvalue weighted by atomic mass is 31.2. The van der Waals surface area contributed by atoms with Crippen molar-refractivity contribution >= 4 is 13.7 Å². The number of hydrogen-bond donors (Lipinski definition) is 4. The van der Waals surface area contributed by atoms with E-state index in [2.05, 4.69) is 43.5 Å². The van der Waals surface area contributed by atoms with Crippen LogP contribution in [0.25, 0.3) is 0 Å². The molecule has 0 radical (unpaired) electrons. The van der Waals surface area contributed by atoms with Crippen LogP contribution in [0.2, 0.25) is 0 Å². The Morgan fingerprint density at radius 2 is 1.00 bits per heavy atom. The molecule has 1 amide bonds. The Morgan fingerprint density at radius 3 is 1.45 bits per heavy atom. The molecule has 0 aromatic heterocycles. The van der Waals surface area contributed by atoms with Gasteiger partial charge in [-0.05, 0) is 44.9 Å². The second-order valence-electron chi connectivity index (χ2n) is 14.9. The van der Waals surface area contributed by atoms with Gasteiger partial charge in [0.05, 0.1) is 25.4 Å². The first kappa shape index (κ1) is 51.7. The summed E-state index contributed by atoms with van der Waals surface area (Å²) in [6, 6.07) is -0.879. The lowest BCUT2D eigenvalue weighted by Crippen LogP contribution is -2.45. The fourth-order valence-electron chi connectivity index (χ4n) is 6.34. The highest BCUT2D eigenvalue weighted by Crippen LogP contribution is 2.43. The summed E-state index contributed by atoms with van der Waals surface area (Å²) < 4.78 is 22.1. The van der Waals surface area contributed by atoms with Crippen LogP contribution in [-0.2, 0) is 18.4 Å². The summed E-state index contributed by atoms with van der Waals surface area (Å²) in [5.41, 5.74) is 5.37. The number of unbranched alkanes of at least 4 members (excludes halogenated alkanes) is 25. The highest BCUT2D eigenvalue weighted by molar-refractivity contribution is 7.47. The molecule has 53 heavy (non-hydrogen) atoms. The van der Waals surface area contributed by atoms with Crippen molar-refractivity contribution in [1.82, 2.24) is 5.32 Å². The molecule has 0 bridgehead atoms. The Bertz CT molecular complexity index is 928. The Hall–Kier alpha value is -1.28. The van der Waals surface area contributed by atoms with Crippen molar-refractivity contribution in [2.45, 2.75) is 219 Å². The molecule has 312 valence electrons. The van der Waals surface area contributed by atoms with Gasteiger partial charge in [0.1, 0.15) is 0 Å². The van der Waals surface area contributed by atoms with E-state index in [-0.39, 0.29) is 25.7 Å². The molecule has 0 aromatic carbocycles. The molecule has 8 nitrogen and oxygen atoms in total. The predicted molar refractivity (Wildman–Crippen MR) is 226 cm³/mol. The fourth-order valence-corrected chi connectivity index (χ4v) is 7.10. The van der Waals surface area contributed by atoms with Gasteiger partial charge < -0.3 is 21.1 Å². The lowest BCUT2D eigenvalue weighted by molar-refractivity contribution is -0.123. The average Bonchev–Trinajstić information content (AvgIpc) is 3.14. The molecule has 0 fully saturated rings. The standard InChI is InChI=1S/C44H85N2O6P/c1-3-5-7-9-11-13-15-17-18-19-20-21-22-23-24-26-28-30-32-34-36-38-44(48)46-42(41-52-53(49,50)51-40-39-45)43(47)37-35-33-31-29-27-25-16-14-12-10-8-6-4-2/h12,14,27,29,35,37,42-43,47H,3-11,13,15-26,28,30-34,36,38-41,45H2,1-2H3,(H,46,48)(H,49,50)/b14-12+,29-27+,37-35+. The molecule has 0 spiro atoms. The molecule has 0 rings (SSSR count). The highest BCUT2D eigenvalue weighted by Gasteiger charge is 2.26. The van der Waals surface area contributed by atoms with Gasteiger partial charge in [-0.1, -0.05) is 192 Å². The van der Waals surface area contributed by atoms with Gasteiger partial charge >= 0.3 is 7.82 Å². The van der Waals surface area contributed by atoms with Crippen LogP contribution in [0.4, 0.5) is 0 Å². The van der Waals surface area contributed by atoms with Crippen LogP contribution in [0.3, 0.4) is 0 Å². The number of nitrogens with two attached hydrogens (primary N) is 1. The average molecular weight is 769 g/mol. The SMILES string of the molecule is CCCCC/C=C/CC/C=C/CC/C=C/C(O)C(COP(=O)(O)OCCN)NC(=O)CCCCCCCCCCCCCCCCCCCCCCC. The second kappa shape index (κ2) is 40.4. The van der Waals surface area contributed by atoms with E-state index in [4.69, 9.17) is 14.8 Å². The molecule has 3 atom stereocenters. The quantitative estimate of drug-likeness (QED) is 0.0277. The van der Waals surface area contributed by atoms with Gasteiger partial charge in [0, 0.05) is 13.0 Å². The number of allylic oxidation sites excluding steroid dienone is 5. The summed E-state index contributed by atoms with van der Waals surface area (Å²) in [6.45, 7) is 4.08. The first-order chi connectivity index (χ1) is 25.9. The van der Waals surface area contributed by atoms with Crippen LogP contribution in [0.1, 0.15) is 206 Å². The summed E-state index contributed by atoms with van der Waals surface area (Å²) in [7, 11) is -4.35. The van der Waals surface area contributed by atoms with Gasteiger partial charge in [0.15, 0.2) is 0 Å². The Labute approximate surface area is 327 Å². The van der Waals surface area contributed by atoms with Crippen LogP contribution >= 0.6 is 7.82 Å². The Morgan fingerprint density at radius 1 is 0.604 bits per heavy atom. The van der Waals surface area contributed by atoms with Crippen LogP contribution in [0, 0.1) is 0 Å². The number of hydrogen-bond acceptors (Lipinski definition) is 6. The number of phosphoric ester groups is 1. The number of rotatable bonds is 41. The van der Waals surface area contributed by atoms with E-state index in [0.717, 1.165) is 51.4 Å². The van der Waals surface area contributed by atoms with E-state index in [1.165, 1.54) is 135 Å². The maximum atomic E-state index is 12.7. The zero-order chi connectivity index (χ0) is 38.9. The summed E-state index contributed by atoms with van der Waals surface area (Å²) in [4.78, 5) is 22.7. The monoisotopic (exact) mass is 769 g/mol. The Balaban J connectivity index is 4.16. The summed E-state index contributed by atoms with van der Waals surface area (Å²) in [6.07, 6.45) is 47.7. The van der Waals surface area contributed by atoms with E-state index < -0.39 is 20.0 Å². The van der Waals surface area contributed by atoms with Crippen molar-refractivity contribution in [2.24, 2.45) is 5.73 Å². The smallest absolute Gasteiger partial charge is 0.387 e. The van der Waals surface area contributed by atoms with Crippen LogP contribution in [0.5, 0.6) is 0 Å². The van der Waals surface area contributed by atoms with Gasteiger partial charge in [-0.2, -0.15) is 0 Å². The number of amides is 1. The maximum Gasteiger partial charge on any atom is 0.472 e. The predicted octanol–water partition coefficient (Wildman–Crippen LogP) is 12.3. The van der Waals surface area contributed by atoms with Crippen molar-refractivity contribution in [1.29, 1.82) is 0 Å². The molecule has 0 aromatic rings. The van der Waals surface area contributed by atoms with Gasteiger partial charge in [-0.25, -0.2) is 4.57 Å². The van der Waals surface area contributed by atoms with Gasteiger partial charge in [-0.15, -0.1) is 0 Å². The topological polar surface area (TPSA) is 131 Å². The van der Waals surface area contributed by atoms with Crippen molar-refractivity contribution in [3.63, 3.8) is 0 Å². The lowest BCUT2D eigenvalue weighted by Gasteiger charge is -2.23. The number of carbonyl (C=O) groups is 1. The van der Waals surface area contributed by atoms with Crippen molar-refractivity contribution in [3.05, 3.63) is 36.5 Å². The van der Waals surface area contributed by atoms with E-state index in [9.17, 15) is 19.4 Å². The van der Waals surface area contributed by atoms with Crippen molar-refractivity contribution < 1.29 is 28.4 Å². The summed E-state index contributed by atoms with van der Waals surface area (Å²) >= 11 is 0. The van der Waals surface area contributed by atoms with Gasteiger partial charge in [-0.3, -0.25) is 13.8 Å². The molecular formula is C44H85N2O6P. The number of carbonyl (C=O) groups excluding carboxylic acids is 1. The van der Waals surface area contributed by atoms with E-state index in [1.807, 2.05) is 6.08 Å². The van der Waals surface area contributed by atoms with E-state index >= 15 is 0 Å². The fraction of sp³-hybridized carbons (Fsp3) is 0.841. The molecule has 0 saturated heterocycles. The normalized spacial score (nSPS) is 14.4. The third kappa shape index (κ3) is 38.8. The summed E-state index contributed by atoms with van der Waals surface area (Å²) in [5.74, 6) is -0.207. The minimum Gasteiger partial charge on any atom is -0.387 e. The zero-order valence-electron chi connectivity index (χ0n) is 34.5. The first-order valence-corrected chi connectivity index (χ1v) is 23.6. The first-order valence-electron chi connectivity index (χ1n) is 22.1. The van der Waals surface area contributed by atoms with E-state index in [0.29, 0.717) is 6.42 Å². The molecule has 0 aliphatic carbocycles. The third-order valence-corrected chi connectivity index (χ3v) is 10.7. The largest absolute Gasteiger partial charge is 0.472 e. The Kier molecular flexibility index (Phi) is 39.4. The molecule has 3 unspecified atom stereocenters. The van der Waals surface area contributed by atoms with Crippen molar-refractivity contribution in [3.8, 4) is 0 Å². The lowest BCUT2D eigenvalue weighted by atomic mass is 10.0. The van der Waals surface area contributed by atoms with Gasteiger partial charge in [0.25, 0.3) is 0 Å². The number of aliphatic hydroxyl groups is 1. The maximum absolute atomic E-state index is 12.7. The second-order valence-corrected chi connectivity index (χ2v) is 16.3. The summed E-state index contributed by atoms with van der Waals surface area (Å²) in [5, 5.41) is 13.6. The van der Waals surface area contributed by atoms with Crippen molar-refractivity contribution in [2.75, 3.05) is 19.8 Å². The van der Waals surface area contributed by atoms with Gasteiger partial charge in [0.2, 0.25) is 5.91 Å². The molecule has 0 aliphatic rings. The molecule has 5 N–H and O–H groups in total. The number of nitrogens with one attached hydrogen (secondary N) is 1. The molecule has 9 heteroatoms. The molecule has 0 heterocycles. The number of phosphoric acid groups is 1. The minimum atomic E-state index is -4.35. The molecular weight excluding hydrogens is 683 g/mol. The minimum absolute atomic E-state index is 0.0726. The third-order valence-electron chi connectivity index (χ3n) is 9.70.